The highest BCUT2D eigenvalue weighted by Gasteiger charge is 1.78. The Labute approximate surface area is 62.3 Å². The van der Waals surface area contributed by atoms with Gasteiger partial charge in [0.05, 0.1) is 0 Å². The van der Waals surface area contributed by atoms with Gasteiger partial charge in [-0.25, -0.2) is 0 Å². The fraction of sp³-hybridized carbons (Fsp3) is 0.750. The molecule has 0 bridgehead atoms. The molecule has 0 N–H and O–H groups in total. The van der Waals surface area contributed by atoms with Gasteiger partial charge in [-0.05, 0) is 29.0 Å². The molecule has 0 heterocycles. The topological polar surface area (TPSA) is 12.4 Å². The maximum absolute atomic E-state index is 5.39. The molecular weight excluding hydrogens is 224 g/mol. The van der Waals surface area contributed by atoms with Gasteiger partial charge in [0.25, 0.3) is 0 Å². The van der Waals surface area contributed by atoms with Crippen molar-refractivity contribution in [3.8, 4) is 0 Å². The van der Waals surface area contributed by atoms with Crippen LogP contribution in [0.4, 0.5) is 0 Å². The Morgan fingerprint density at radius 1 is 1.86 bits per heavy atom. The molecule has 0 aliphatic heterocycles. The Hall–Kier alpha value is 0.690. The van der Waals surface area contributed by atoms with E-state index in [9.17, 15) is 0 Å². The van der Waals surface area contributed by atoms with Gasteiger partial charge in [0.15, 0.2) is 3.18 Å². The molecule has 0 aliphatic carbocycles. The first-order valence-corrected chi connectivity index (χ1v) is 3.58. The molecule has 0 spiro atoms. The van der Waals surface area contributed by atoms with Crippen LogP contribution in [0.3, 0.4) is 0 Å². The van der Waals surface area contributed by atoms with Crippen LogP contribution >= 0.6 is 34.2 Å². The molecule has 0 saturated heterocycles. The number of aliphatic imine (C=N–C) groups is 1. The average Bonchev–Trinajstić information content (AvgIpc) is 1.61. The summed E-state index contributed by atoms with van der Waals surface area (Å²) < 4.78 is 0.624. The molecule has 3 heteroatoms. The summed E-state index contributed by atoms with van der Waals surface area (Å²) in [5.74, 6) is 0. The molecule has 0 amide bonds. The fourth-order valence-corrected chi connectivity index (χ4v) is 0.522. The molecule has 0 radical (unpaired) electrons. The lowest BCUT2D eigenvalue weighted by Gasteiger charge is -1.82. The predicted octanol–water partition coefficient (Wildman–Crippen LogP) is 2.43. The van der Waals surface area contributed by atoms with Crippen LogP contribution < -0.4 is 0 Å². The molecule has 0 unspecified atom stereocenters. The number of halogens is 2. The highest BCUT2D eigenvalue weighted by molar-refractivity contribution is 14.1. The van der Waals surface area contributed by atoms with E-state index >= 15 is 0 Å². The molecule has 0 aromatic heterocycles. The average molecular weight is 231 g/mol. The van der Waals surface area contributed by atoms with Crippen molar-refractivity contribution in [2.24, 2.45) is 4.99 Å². The van der Waals surface area contributed by atoms with Crippen molar-refractivity contribution in [2.75, 3.05) is 6.54 Å². The number of hydrogen-bond acceptors (Lipinski definition) is 1. The summed E-state index contributed by atoms with van der Waals surface area (Å²) in [5, 5.41) is 0. The van der Waals surface area contributed by atoms with E-state index in [0.717, 1.165) is 13.0 Å². The maximum atomic E-state index is 5.39. The summed E-state index contributed by atoms with van der Waals surface area (Å²) in [6.45, 7) is 2.92. The standard InChI is InChI=1S/C4H7ClIN/c1-2-3-7-4(5)6/h2-3H2,1H3. The molecule has 42 valence electrons. The lowest BCUT2D eigenvalue weighted by atomic mass is 10.5. The van der Waals surface area contributed by atoms with Gasteiger partial charge in [-0.1, -0.05) is 18.5 Å². The van der Waals surface area contributed by atoms with Gasteiger partial charge in [-0.3, -0.25) is 4.99 Å². The maximum Gasteiger partial charge on any atom is 0.161 e. The first kappa shape index (κ1) is 7.69. The normalized spacial score (nSPS) is 12.1. The first-order chi connectivity index (χ1) is 3.27. The smallest absolute Gasteiger partial charge is 0.161 e. The van der Waals surface area contributed by atoms with Crippen molar-refractivity contribution in [2.45, 2.75) is 13.3 Å². The van der Waals surface area contributed by atoms with Crippen LogP contribution in [0.25, 0.3) is 0 Å². The zero-order valence-corrected chi connectivity index (χ0v) is 7.03. The Morgan fingerprint density at radius 2 is 2.43 bits per heavy atom. The van der Waals surface area contributed by atoms with Crippen molar-refractivity contribution < 1.29 is 0 Å². The van der Waals surface area contributed by atoms with E-state index in [4.69, 9.17) is 11.6 Å². The summed E-state index contributed by atoms with van der Waals surface area (Å²) >= 11 is 7.37. The molecule has 0 aliphatic rings. The highest BCUT2D eigenvalue weighted by Crippen LogP contribution is 1.95. The van der Waals surface area contributed by atoms with Crippen LogP contribution in [0.5, 0.6) is 0 Å². The third kappa shape index (κ3) is 6.69. The summed E-state index contributed by atoms with van der Waals surface area (Å²) in [4.78, 5) is 3.91. The van der Waals surface area contributed by atoms with Crippen LogP contribution in [0, 0.1) is 0 Å². The van der Waals surface area contributed by atoms with Crippen LogP contribution in [-0.2, 0) is 0 Å². The van der Waals surface area contributed by atoms with Gasteiger partial charge in [0, 0.05) is 6.54 Å². The summed E-state index contributed by atoms with van der Waals surface area (Å²) in [7, 11) is 0. The van der Waals surface area contributed by atoms with Gasteiger partial charge in [0.2, 0.25) is 0 Å². The molecule has 0 atom stereocenters. The van der Waals surface area contributed by atoms with Gasteiger partial charge in [0.1, 0.15) is 0 Å². The zero-order valence-electron chi connectivity index (χ0n) is 4.12. The van der Waals surface area contributed by atoms with Gasteiger partial charge in [-0.15, -0.1) is 0 Å². The van der Waals surface area contributed by atoms with Crippen LogP contribution in [0.1, 0.15) is 13.3 Å². The van der Waals surface area contributed by atoms with Gasteiger partial charge >= 0.3 is 0 Å². The third-order valence-electron chi connectivity index (χ3n) is 0.455. The van der Waals surface area contributed by atoms with Crippen molar-refractivity contribution in [3.63, 3.8) is 0 Å². The summed E-state index contributed by atoms with van der Waals surface area (Å²) in [5.41, 5.74) is 0. The van der Waals surface area contributed by atoms with E-state index in [1.807, 2.05) is 22.6 Å². The van der Waals surface area contributed by atoms with E-state index in [0.29, 0.717) is 3.18 Å². The number of nitrogens with zero attached hydrogens (tertiary/aromatic N) is 1. The lowest BCUT2D eigenvalue weighted by Crippen LogP contribution is -1.75. The molecule has 0 saturated carbocycles. The Morgan fingerprint density at radius 3 is 2.57 bits per heavy atom. The Balaban J connectivity index is 3.08. The van der Waals surface area contributed by atoms with E-state index < -0.39 is 0 Å². The second-order valence-electron chi connectivity index (χ2n) is 1.12. The van der Waals surface area contributed by atoms with Crippen LogP contribution in [0.2, 0.25) is 0 Å². The summed E-state index contributed by atoms with van der Waals surface area (Å²) in [6, 6.07) is 0. The van der Waals surface area contributed by atoms with Crippen molar-refractivity contribution in [1.29, 1.82) is 0 Å². The van der Waals surface area contributed by atoms with E-state index in [-0.39, 0.29) is 0 Å². The van der Waals surface area contributed by atoms with E-state index in [1.54, 1.807) is 0 Å². The van der Waals surface area contributed by atoms with Crippen molar-refractivity contribution in [3.05, 3.63) is 0 Å². The van der Waals surface area contributed by atoms with Crippen molar-refractivity contribution in [1.82, 2.24) is 0 Å². The van der Waals surface area contributed by atoms with Crippen LogP contribution in [0.15, 0.2) is 4.99 Å². The van der Waals surface area contributed by atoms with Gasteiger partial charge < -0.3 is 0 Å². The largest absolute Gasteiger partial charge is 0.268 e. The van der Waals surface area contributed by atoms with Gasteiger partial charge in [-0.2, -0.15) is 0 Å². The molecule has 0 aromatic carbocycles. The number of hydrogen-bond donors (Lipinski definition) is 0. The first-order valence-electron chi connectivity index (χ1n) is 2.12. The number of rotatable bonds is 2. The second-order valence-corrected chi connectivity index (χ2v) is 3.14. The van der Waals surface area contributed by atoms with E-state index in [1.165, 1.54) is 0 Å². The lowest BCUT2D eigenvalue weighted by molar-refractivity contribution is 0.938. The molecular formula is C4H7ClIN. The monoisotopic (exact) mass is 231 g/mol. The molecule has 1 nitrogen and oxygen atoms in total. The van der Waals surface area contributed by atoms with Crippen LogP contribution in [-0.4, -0.2) is 9.72 Å². The molecule has 0 aromatic rings. The molecule has 7 heavy (non-hydrogen) atoms. The molecule has 0 fully saturated rings. The quantitative estimate of drug-likeness (QED) is 0.511. The SMILES string of the molecule is CCCN=C(Cl)I. The minimum absolute atomic E-state index is 0.624. The highest BCUT2D eigenvalue weighted by atomic mass is 127. The summed E-state index contributed by atoms with van der Waals surface area (Å²) in [6.07, 6.45) is 1.07. The van der Waals surface area contributed by atoms with Crippen molar-refractivity contribution >= 4 is 37.4 Å². The van der Waals surface area contributed by atoms with E-state index in [2.05, 4.69) is 11.9 Å². The Kier molecular flexibility index (Phi) is 5.32. The minimum atomic E-state index is 0.624. The zero-order chi connectivity index (χ0) is 5.70. The fourth-order valence-electron chi connectivity index (χ4n) is 0.196. The third-order valence-corrected chi connectivity index (χ3v) is 0.916. The second kappa shape index (κ2) is 4.84. The predicted molar refractivity (Wildman–Crippen MR) is 42.5 cm³/mol. The minimum Gasteiger partial charge on any atom is -0.268 e. The Bertz CT molecular complexity index is 68.1. The molecule has 0 rings (SSSR count).